The van der Waals surface area contributed by atoms with Crippen molar-refractivity contribution < 1.29 is 27.5 Å². The number of ether oxygens (including phenoxy) is 2. The van der Waals surface area contributed by atoms with Crippen molar-refractivity contribution >= 4 is 27.6 Å². The number of hydrogen-bond acceptors (Lipinski definition) is 6. The predicted octanol–water partition coefficient (Wildman–Crippen LogP) is 3.12. The van der Waals surface area contributed by atoms with E-state index in [4.69, 9.17) is 9.47 Å². The third-order valence-corrected chi connectivity index (χ3v) is 7.18. The highest BCUT2D eigenvalue weighted by atomic mass is 32.2. The van der Waals surface area contributed by atoms with Crippen LogP contribution in [-0.4, -0.2) is 50.4 Å². The fourth-order valence-electron chi connectivity index (χ4n) is 3.40. The summed E-state index contributed by atoms with van der Waals surface area (Å²) in [6, 6.07) is 13.5. The Balaban J connectivity index is 1.58. The molecule has 1 unspecified atom stereocenters. The number of carbonyl (C=O) groups is 2. The van der Waals surface area contributed by atoms with Gasteiger partial charge in [-0.2, -0.15) is 4.31 Å². The van der Waals surface area contributed by atoms with Crippen LogP contribution in [0.3, 0.4) is 0 Å². The minimum Gasteiger partial charge on any atom is -0.479 e. The van der Waals surface area contributed by atoms with Crippen LogP contribution in [0.2, 0.25) is 0 Å². The summed E-state index contributed by atoms with van der Waals surface area (Å²) in [4.78, 5) is 24.5. The molecule has 1 aliphatic heterocycles. The molecule has 9 heteroatoms. The number of nitrogens with zero attached hydrogens (tertiary/aromatic N) is 1. The van der Waals surface area contributed by atoms with Crippen LogP contribution in [0.15, 0.2) is 53.4 Å². The molecule has 1 heterocycles. The van der Waals surface area contributed by atoms with Gasteiger partial charge in [-0.05, 0) is 56.5 Å². The number of rotatable bonds is 8. The van der Waals surface area contributed by atoms with E-state index in [2.05, 4.69) is 5.32 Å². The number of aryl methyl sites for hydroxylation is 1. The molecule has 32 heavy (non-hydrogen) atoms. The highest BCUT2D eigenvalue weighted by Gasteiger charge is 2.27. The van der Waals surface area contributed by atoms with Crippen LogP contribution >= 0.6 is 0 Å². The van der Waals surface area contributed by atoms with E-state index in [1.807, 2.05) is 6.07 Å². The predicted molar refractivity (Wildman–Crippen MR) is 120 cm³/mol. The first-order valence-corrected chi connectivity index (χ1v) is 12.0. The van der Waals surface area contributed by atoms with Crippen LogP contribution in [0, 0.1) is 6.92 Å². The smallest absolute Gasteiger partial charge is 0.347 e. The van der Waals surface area contributed by atoms with E-state index in [-0.39, 0.29) is 4.90 Å². The van der Waals surface area contributed by atoms with Crippen LogP contribution in [0.25, 0.3) is 0 Å². The van der Waals surface area contributed by atoms with Crippen molar-refractivity contribution in [3.8, 4) is 5.75 Å². The monoisotopic (exact) mass is 460 g/mol. The lowest BCUT2D eigenvalue weighted by molar-refractivity contribution is -0.153. The molecule has 0 radical (unpaired) electrons. The van der Waals surface area contributed by atoms with E-state index in [9.17, 15) is 18.0 Å². The van der Waals surface area contributed by atoms with Crippen molar-refractivity contribution in [1.82, 2.24) is 4.31 Å². The molecule has 2 aromatic rings. The van der Waals surface area contributed by atoms with Crippen molar-refractivity contribution in [2.45, 2.75) is 44.1 Å². The van der Waals surface area contributed by atoms with Gasteiger partial charge in [0.1, 0.15) is 5.75 Å². The fraction of sp³-hybridized carbons (Fsp3) is 0.391. The maximum atomic E-state index is 13.0. The van der Waals surface area contributed by atoms with E-state index in [1.165, 1.54) is 17.3 Å². The standard InChI is InChI=1S/C23H28N2O6S/c1-17-11-12-19(15-21(17)32(28,29)25-13-7-4-8-14-25)24-22(26)16-30-23(27)18(2)31-20-9-5-3-6-10-20/h3,5-6,9-12,15,18H,4,7-8,13-14,16H2,1-2H3,(H,24,26). The van der Waals surface area contributed by atoms with Crippen LogP contribution in [0.5, 0.6) is 5.75 Å². The number of piperidine rings is 1. The summed E-state index contributed by atoms with van der Waals surface area (Å²) in [5, 5.41) is 2.59. The van der Waals surface area contributed by atoms with Gasteiger partial charge >= 0.3 is 5.97 Å². The van der Waals surface area contributed by atoms with Crippen molar-refractivity contribution in [3.63, 3.8) is 0 Å². The van der Waals surface area contributed by atoms with E-state index in [0.29, 0.717) is 30.1 Å². The number of nitrogens with one attached hydrogen (secondary N) is 1. The summed E-state index contributed by atoms with van der Waals surface area (Å²) in [5.41, 5.74) is 0.924. The van der Waals surface area contributed by atoms with Gasteiger partial charge in [0.25, 0.3) is 5.91 Å². The normalized spacial score (nSPS) is 15.6. The van der Waals surface area contributed by atoms with E-state index in [1.54, 1.807) is 43.3 Å². The second kappa shape index (κ2) is 10.6. The number of para-hydroxylation sites is 1. The molecular weight excluding hydrogens is 432 g/mol. The zero-order chi connectivity index (χ0) is 23.1. The van der Waals surface area contributed by atoms with E-state index < -0.39 is 34.6 Å². The summed E-state index contributed by atoms with van der Waals surface area (Å²) in [5.74, 6) is -0.736. The average molecular weight is 461 g/mol. The third kappa shape index (κ3) is 6.08. The number of esters is 1. The first-order chi connectivity index (χ1) is 15.3. The zero-order valence-electron chi connectivity index (χ0n) is 18.2. The highest BCUT2D eigenvalue weighted by molar-refractivity contribution is 7.89. The maximum Gasteiger partial charge on any atom is 0.347 e. The molecule has 1 saturated heterocycles. The van der Waals surface area contributed by atoms with Crippen molar-refractivity contribution in [2.24, 2.45) is 0 Å². The molecule has 0 spiro atoms. The average Bonchev–Trinajstić information content (AvgIpc) is 2.80. The number of carbonyl (C=O) groups excluding carboxylic acids is 2. The van der Waals surface area contributed by atoms with Crippen molar-refractivity contribution in [2.75, 3.05) is 25.0 Å². The largest absolute Gasteiger partial charge is 0.479 e. The van der Waals surface area contributed by atoms with Gasteiger partial charge in [-0.15, -0.1) is 0 Å². The summed E-state index contributed by atoms with van der Waals surface area (Å²) >= 11 is 0. The Bertz CT molecular complexity index is 1050. The van der Waals surface area contributed by atoms with Crippen molar-refractivity contribution in [3.05, 3.63) is 54.1 Å². The highest BCUT2D eigenvalue weighted by Crippen LogP contribution is 2.26. The number of sulfonamides is 1. The molecule has 0 aromatic heterocycles. The molecule has 1 N–H and O–H groups in total. The van der Waals surface area contributed by atoms with Gasteiger partial charge < -0.3 is 14.8 Å². The Hall–Kier alpha value is -2.91. The van der Waals surface area contributed by atoms with Gasteiger partial charge in [-0.25, -0.2) is 13.2 Å². The van der Waals surface area contributed by atoms with Crippen LogP contribution < -0.4 is 10.1 Å². The summed E-state index contributed by atoms with van der Waals surface area (Å²) in [7, 11) is -3.64. The first kappa shape index (κ1) is 23.7. The Labute approximate surface area is 188 Å². The molecule has 3 rings (SSSR count). The lowest BCUT2D eigenvalue weighted by Gasteiger charge is -2.26. The quantitative estimate of drug-likeness (QED) is 0.608. The van der Waals surface area contributed by atoms with Crippen LogP contribution in [0.1, 0.15) is 31.7 Å². The van der Waals surface area contributed by atoms with E-state index >= 15 is 0 Å². The SMILES string of the molecule is Cc1ccc(NC(=O)COC(=O)C(C)Oc2ccccc2)cc1S(=O)(=O)N1CCCCC1. The number of benzene rings is 2. The van der Waals surface area contributed by atoms with Gasteiger partial charge in [-0.3, -0.25) is 4.79 Å². The first-order valence-electron chi connectivity index (χ1n) is 10.6. The summed E-state index contributed by atoms with van der Waals surface area (Å²) < 4.78 is 38.0. The minimum atomic E-state index is -3.64. The van der Waals surface area contributed by atoms with Crippen molar-refractivity contribution in [1.29, 1.82) is 0 Å². The molecule has 2 aromatic carbocycles. The molecule has 1 amide bonds. The zero-order valence-corrected chi connectivity index (χ0v) is 19.1. The molecule has 1 fully saturated rings. The molecule has 172 valence electrons. The lowest BCUT2D eigenvalue weighted by Crippen LogP contribution is -2.36. The molecule has 8 nitrogen and oxygen atoms in total. The van der Waals surface area contributed by atoms with Gasteiger partial charge in [-0.1, -0.05) is 30.7 Å². The Morgan fingerprint density at radius 2 is 1.75 bits per heavy atom. The van der Waals surface area contributed by atoms with Gasteiger partial charge in [0.05, 0.1) is 4.90 Å². The fourth-order valence-corrected chi connectivity index (χ4v) is 5.17. The minimum absolute atomic E-state index is 0.166. The Kier molecular flexibility index (Phi) is 7.87. The molecule has 0 saturated carbocycles. The number of anilines is 1. The Morgan fingerprint density at radius 1 is 1.06 bits per heavy atom. The Morgan fingerprint density at radius 3 is 2.44 bits per heavy atom. The topological polar surface area (TPSA) is 102 Å². The van der Waals surface area contributed by atoms with Gasteiger partial charge in [0.2, 0.25) is 10.0 Å². The molecule has 0 aliphatic carbocycles. The second-order valence-corrected chi connectivity index (χ2v) is 9.58. The maximum absolute atomic E-state index is 13.0. The van der Waals surface area contributed by atoms with Gasteiger partial charge in [0, 0.05) is 18.8 Å². The second-order valence-electron chi connectivity index (χ2n) is 7.67. The molecule has 1 atom stereocenters. The summed E-state index contributed by atoms with van der Waals surface area (Å²) in [6.07, 6.45) is 1.82. The van der Waals surface area contributed by atoms with Gasteiger partial charge in [0.15, 0.2) is 12.7 Å². The molecule has 0 bridgehead atoms. The third-order valence-electron chi connectivity index (χ3n) is 5.14. The number of hydrogen-bond donors (Lipinski definition) is 1. The molecular formula is C23H28N2O6S. The van der Waals surface area contributed by atoms with Crippen LogP contribution in [-0.2, 0) is 24.3 Å². The summed E-state index contributed by atoms with van der Waals surface area (Å²) in [6.45, 7) is 3.74. The lowest BCUT2D eigenvalue weighted by atomic mass is 10.2. The van der Waals surface area contributed by atoms with E-state index in [0.717, 1.165) is 19.3 Å². The number of amides is 1. The van der Waals surface area contributed by atoms with Crippen LogP contribution in [0.4, 0.5) is 5.69 Å². The molecule has 1 aliphatic rings.